The fraction of sp³-hybridized carbons (Fsp3) is 0.273. The Morgan fingerprint density at radius 2 is 1.64 bits per heavy atom. The van der Waals surface area contributed by atoms with E-state index < -0.39 is 0 Å². The molecule has 1 heterocycles. The maximum Gasteiger partial charge on any atom is 0.321 e. The summed E-state index contributed by atoms with van der Waals surface area (Å²) in [5, 5.41) is 0. The first kappa shape index (κ1) is 19.6. The summed E-state index contributed by atoms with van der Waals surface area (Å²) in [5.74, 6) is 2.27. The number of aromatic nitrogens is 2. The van der Waals surface area contributed by atoms with E-state index in [1.54, 1.807) is 18.5 Å². The molecule has 1 aromatic heterocycles. The van der Waals surface area contributed by atoms with Crippen LogP contribution in [-0.4, -0.2) is 41.7 Å². The summed E-state index contributed by atoms with van der Waals surface area (Å²) in [6.07, 6.45) is 3.31. The van der Waals surface area contributed by atoms with E-state index in [0.717, 1.165) is 35.9 Å². The lowest BCUT2D eigenvalue weighted by atomic mass is 10.2. The lowest BCUT2D eigenvalue weighted by Crippen LogP contribution is -2.24. The number of hydrogen-bond acceptors (Lipinski definition) is 6. The Hall–Kier alpha value is -3.12. The van der Waals surface area contributed by atoms with E-state index in [4.69, 9.17) is 14.2 Å². The van der Waals surface area contributed by atoms with Crippen LogP contribution in [0.3, 0.4) is 0 Å². The summed E-state index contributed by atoms with van der Waals surface area (Å²) in [7, 11) is 2.06. The topological polar surface area (TPSA) is 56.7 Å². The summed E-state index contributed by atoms with van der Waals surface area (Å²) < 4.78 is 17.2. The van der Waals surface area contributed by atoms with Crippen molar-refractivity contribution < 1.29 is 14.2 Å². The molecule has 0 bridgehead atoms. The number of rotatable bonds is 10. The van der Waals surface area contributed by atoms with Gasteiger partial charge in [0, 0.05) is 25.5 Å². The van der Waals surface area contributed by atoms with Crippen molar-refractivity contribution in [1.29, 1.82) is 0 Å². The highest BCUT2D eigenvalue weighted by atomic mass is 16.5. The summed E-state index contributed by atoms with van der Waals surface area (Å²) in [5.41, 5.74) is 1.14. The molecule has 6 heteroatoms. The quantitative estimate of drug-likeness (QED) is 0.527. The van der Waals surface area contributed by atoms with Crippen molar-refractivity contribution in [2.75, 3.05) is 26.8 Å². The number of nitrogens with zero attached hydrogens (tertiary/aromatic N) is 3. The van der Waals surface area contributed by atoms with Crippen LogP contribution in [0.5, 0.6) is 23.3 Å². The van der Waals surface area contributed by atoms with Crippen LogP contribution in [0.4, 0.5) is 0 Å². The van der Waals surface area contributed by atoms with Crippen LogP contribution in [0.25, 0.3) is 0 Å². The highest BCUT2D eigenvalue weighted by Crippen LogP contribution is 2.26. The van der Waals surface area contributed by atoms with Gasteiger partial charge in [-0.15, -0.1) is 0 Å². The zero-order valence-electron chi connectivity index (χ0n) is 16.2. The highest BCUT2D eigenvalue weighted by Gasteiger charge is 2.06. The van der Waals surface area contributed by atoms with E-state index in [1.807, 2.05) is 49.4 Å². The number of para-hydroxylation sites is 2. The maximum atomic E-state index is 5.89. The maximum absolute atomic E-state index is 5.89. The normalized spacial score (nSPS) is 10.7. The molecule has 0 aliphatic carbocycles. The molecular formula is C22H25N3O3. The van der Waals surface area contributed by atoms with E-state index in [-0.39, 0.29) is 0 Å². The average Bonchev–Trinajstić information content (AvgIpc) is 2.70. The Balaban J connectivity index is 1.50. The van der Waals surface area contributed by atoms with Crippen LogP contribution in [-0.2, 0) is 6.54 Å². The standard InChI is InChI=1S/C22H25N3O3/c1-3-26-20-10-4-5-11-21(20)27-15-14-25(2)17-18-8-6-9-19(16-18)28-22-23-12-7-13-24-22/h4-13,16H,3,14-15,17H2,1-2H3. The van der Waals surface area contributed by atoms with E-state index in [2.05, 4.69) is 28.0 Å². The van der Waals surface area contributed by atoms with E-state index in [0.29, 0.717) is 19.2 Å². The third-order valence-electron chi connectivity index (χ3n) is 3.98. The number of ether oxygens (including phenoxy) is 3. The first-order chi connectivity index (χ1) is 13.7. The second-order valence-electron chi connectivity index (χ2n) is 6.25. The summed E-state index contributed by atoms with van der Waals surface area (Å²) in [4.78, 5) is 10.4. The fourth-order valence-electron chi connectivity index (χ4n) is 2.70. The number of benzene rings is 2. The minimum Gasteiger partial charge on any atom is -0.490 e. The van der Waals surface area contributed by atoms with Crippen LogP contribution in [0.2, 0.25) is 0 Å². The first-order valence-electron chi connectivity index (χ1n) is 9.31. The van der Waals surface area contributed by atoms with E-state index >= 15 is 0 Å². The van der Waals surface area contributed by atoms with Gasteiger partial charge in [-0.2, -0.15) is 0 Å². The van der Waals surface area contributed by atoms with Gasteiger partial charge in [0.1, 0.15) is 12.4 Å². The third-order valence-corrected chi connectivity index (χ3v) is 3.98. The molecule has 0 fully saturated rings. The molecule has 2 aromatic carbocycles. The number of likely N-dealkylation sites (N-methyl/N-ethyl adjacent to an activating group) is 1. The zero-order valence-corrected chi connectivity index (χ0v) is 16.2. The summed E-state index contributed by atoms with van der Waals surface area (Å²) in [6, 6.07) is 17.8. The lowest BCUT2D eigenvalue weighted by Gasteiger charge is -2.18. The second kappa shape index (κ2) is 10.3. The van der Waals surface area contributed by atoms with Gasteiger partial charge < -0.3 is 14.2 Å². The van der Waals surface area contributed by atoms with Crippen molar-refractivity contribution in [3.8, 4) is 23.3 Å². The van der Waals surface area contributed by atoms with Gasteiger partial charge in [0.05, 0.1) is 6.61 Å². The van der Waals surface area contributed by atoms with Crippen molar-refractivity contribution in [3.05, 3.63) is 72.6 Å². The molecule has 0 radical (unpaired) electrons. The SMILES string of the molecule is CCOc1ccccc1OCCN(C)Cc1cccc(Oc2ncccn2)c1. The second-order valence-corrected chi connectivity index (χ2v) is 6.25. The minimum atomic E-state index is 0.342. The lowest BCUT2D eigenvalue weighted by molar-refractivity contribution is 0.222. The number of hydrogen-bond donors (Lipinski definition) is 0. The van der Waals surface area contributed by atoms with Crippen molar-refractivity contribution in [2.24, 2.45) is 0 Å². The smallest absolute Gasteiger partial charge is 0.321 e. The van der Waals surface area contributed by atoms with Gasteiger partial charge in [-0.1, -0.05) is 24.3 Å². The Labute approximate surface area is 165 Å². The molecule has 3 aromatic rings. The molecule has 0 atom stereocenters. The highest BCUT2D eigenvalue weighted by molar-refractivity contribution is 5.39. The summed E-state index contributed by atoms with van der Waals surface area (Å²) in [6.45, 7) is 4.73. The first-order valence-corrected chi connectivity index (χ1v) is 9.31. The molecule has 0 aliphatic heterocycles. The molecule has 28 heavy (non-hydrogen) atoms. The summed E-state index contributed by atoms with van der Waals surface area (Å²) >= 11 is 0. The van der Waals surface area contributed by atoms with Crippen molar-refractivity contribution in [2.45, 2.75) is 13.5 Å². The zero-order chi connectivity index (χ0) is 19.6. The van der Waals surface area contributed by atoms with Crippen molar-refractivity contribution in [3.63, 3.8) is 0 Å². The monoisotopic (exact) mass is 379 g/mol. The van der Waals surface area contributed by atoms with Crippen LogP contribution < -0.4 is 14.2 Å². The molecule has 0 saturated carbocycles. The molecule has 0 aliphatic rings. The van der Waals surface area contributed by atoms with Crippen LogP contribution >= 0.6 is 0 Å². The predicted molar refractivity (Wildman–Crippen MR) is 108 cm³/mol. The van der Waals surface area contributed by atoms with Gasteiger partial charge in [0.25, 0.3) is 0 Å². The van der Waals surface area contributed by atoms with Crippen LogP contribution in [0.15, 0.2) is 67.0 Å². The Morgan fingerprint density at radius 3 is 2.39 bits per heavy atom. The van der Waals surface area contributed by atoms with Gasteiger partial charge in [0.15, 0.2) is 11.5 Å². The fourth-order valence-corrected chi connectivity index (χ4v) is 2.70. The molecule has 3 rings (SSSR count). The molecular weight excluding hydrogens is 354 g/mol. The molecule has 6 nitrogen and oxygen atoms in total. The molecule has 0 spiro atoms. The van der Waals surface area contributed by atoms with Crippen LogP contribution in [0.1, 0.15) is 12.5 Å². The van der Waals surface area contributed by atoms with Crippen LogP contribution in [0, 0.1) is 0 Å². The van der Waals surface area contributed by atoms with Gasteiger partial charge in [-0.25, -0.2) is 9.97 Å². The van der Waals surface area contributed by atoms with Crippen molar-refractivity contribution in [1.82, 2.24) is 14.9 Å². The predicted octanol–water partition coefficient (Wildman–Crippen LogP) is 4.18. The Bertz CT molecular complexity index is 858. The van der Waals surface area contributed by atoms with E-state index in [1.165, 1.54) is 0 Å². The van der Waals surface area contributed by atoms with E-state index in [9.17, 15) is 0 Å². The Morgan fingerprint density at radius 1 is 0.893 bits per heavy atom. The Kier molecular flexibility index (Phi) is 7.21. The molecule has 146 valence electrons. The third kappa shape index (κ3) is 5.96. The van der Waals surface area contributed by atoms with Crippen molar-refractivity contribution >= 4 is 0 Å². The largest absolute Gasteiger partial charge is 0.490 e. The minimum absolute atomic E-state index is 0.342. The molecule has 0 amide bonds. The average molecular weight is 379 g/mol. The molecule has 0 N–H and O–H groups in total. The van der Waals surface area contributed by atoms with Gasteiger partial charge >= 0.3 is 6.01 Å². The molecule has 0 saturated heterocycles. The van der Waals surface area contributed by atoms with Gasteiger partial charge in [0.2, 0.25) is 0 Å². The molecule has 0 unspecified atom stereocenters. The van der Waals surface area contributed by atoms with Gasteiger partial charge in [-0.05, 0) is 49.9 Å². The van der Waals surface area contributed by atoms with Gasteiger partial charge in [-0.3, -0.25) is 4.90 Å².